The lowest BCUT2D eigenvalue weighted by Crippen LogP contribution is -2.29. The van der Waals surface area contributed by atoms with E-state index < -0.39 is 17.7 Å². The van der Waals surface area contributed by atoms with Crippen molar-refractivity contribution < 1.29 is 24.2 Å². The standard InChI is InChI=1S/C20H15N3O5S/c24-17(11-3-4-13-14(8-11)28-10-27-13)15-16(19-21-5-6-22-19)23(20(26)18(15)25)9-12-2-1-7-29-12/h1-8,16,24H,9-10H2,(H,21,22)/b17-15+. The van der Waals surface area contributed by atoms with Crippen molar-refractivity contribution in [2.75, 3.05) is 6.79 Å². The first-order chi connectivity index (χ1) is 14.1. The molecule has 1 atom stereocenters. The molecule has 146 valence electrons. The van der Waals surface area contributed by atoms with Gasteiger partial charge in [0.2, 0.25) is 6.79 Å². The molecule has 2 aromatic heterocycles. The number of likely N-dealkylation sites (tertiary alicyclic amines) is 1. The number of carbonyl (C=O) groups is 2. The van der Waals surface area contributed by atoms with Crippen LogP contribution in [0, 0.1) is 0 Å². The third-order valence-corrected chi connectivity index (χ3v) is 5.73. The number of rotatable bonds is 4. The number of aromatic nitrogens is 2. The molecule has 5 rings (SSSR count). The maximum atomic E-state index is 12.9. The maximum Gasteiger partial charge on any atom is 0.296 e. The lowest BCUT2D eigenvalue weighted by atomic mass is 10.00. The number of fused-ring (bicyclic) bond motifs is 1. The molecule has 1 aromatic carbocycles. The number of aliphatic hydroxyl groups excluding tert-OH is 1. The minimum atomic E-state index is -0.822. The van der Waals surface area contributed by atoms with Gasteiger partial charge in [-0.25, -0.2) is 4.98 Å². The van der Waals surface area contributed by atoms with Gasteiger partial charge in [0.1, 0.15) is 17.6 Å². The maximum absolute atomic E-state index is 12.9. The van der Waals surface area contributed by atoms with E-state index in [9.17, 15) is 14.7 Å². The number of aliphatic hydroxyl groups is 1. The number of hydrogen-bond donors (Lipinski definition) is 2. The lowest BCUT2D eigenvalue weighted by molar-refractivity contribution is -0.140. The fourth-order valence-corrected chi connectivity index (χ4v) is 4.23. The number of nitrogens with one attached hydrogen (secondary N) is 1. The predicted octanol–water partition coefficient (Wildman–Crippen LogP) is 2.82. The van der Waals surface area contributed by atoms with Gasteiger partial charge in [0.05, 0.1) is 12.1 Å². The van der Waals surface area contributed by atoms with Crippen LogP contribution in [0.15, 0.2) is 53.7 Å². The molecule has 0 saturated carbocycles. The molecular formula is C20H15N3O5S. The minimum absolute atomic E-state index is 0.0135. The zero-order chi connectivity index (χ0) is 20.0. The van der Waals surface area contributed by atoms with Crippen LogP contribution in [0.1, 0.15) is 22.3 Å². The van der Waals surface area contributed by atoms with E-state index >= 15 is 0 Å². The van der Waals surface area contributed by atoms with Gasteiger partial charge in [0.15, 0.2) is 11.5 Å². The highest BCUT2D eigenvalue weighted by Crippen LogP contribution is 2.41. The summed E-state index contributed by atoms with van der Waals surface area (Å²) in [7, 11) is 0. The number of Topliss-reactive ketones (excluding diaryl/α,β-unsaturated/α-hetero) is 1. The smallest absolute Gasteiger partial charge is 0.296 e. The van der Waals surface area contributed by atoms with E-state index in [-0.39, 0.29) is 24.7 Å². The van der Waals surface area contributed by atoms with E-state index in [1.165, 1.54) is 16.2 Å². The van der Waals surface area contributed by atoms with Gasteiger partial charge in [-0.15, -0.1) is 11.3 Å². The normalized spacial score (nSPS) is 19.9. The molecule has 0 spiro atoms. The average Bonchev–Trinajstić information content (AvgIpc) is 3.51. The van der Waals surface area contributed by atoms with Crippen LogP contribution < -0.4 is 9.47 Å². The van der Waals surface area contributed by atoms with Crippen LogP contribution in [-0.4, -0.2) is 38.5 Å². The fraction of sp³-hybridized carbons (Fsp3) is 0.150. The van der Waals surface area contributed by atoms with Crippen molar-refractivity contribution in [1.82, 2.24) is 14.9 Å². The van der Waals surface area contributed by atoms with Crippen molar-refractivity contribution in [3.05, 3.63) is 69.9 Å². The highest BCUT2D eigenvalue weighted by atomic mass is 32.1. The molecular weight excluding hydrogens is 394 g/mol. The van der Waals surface area contributed by atoms with Gasteiger partial charge >= 0.3 is 0 Å². The van der Waals surface area contributed by atoms with Gasteiger partial charge in [0, 0.05) is 22.8 Å². The summed E-state index contributed by atoms with van der Waals surface area (Å²) in [6.07, 6.45) is 3.16. The number of H-pyrrole nitrogens is 1. The summed E-state index contributed by atoms with van der Waals surface area (Å²) < 4.78 is 10.6. The summed E-state index contributed by atoms with van der Waals surface area (Å²) in [5.74, 6) is -0.279. The Morgan fingerprint density at radius 2 is 2.14 bits per heavy atom. The molecule has 2 aliphatic rings. The molecule has 1 unspecified atom stereocenters. The first-order valence-electron chi connectivity index (χ1n) is 8.83. The number of imidazole rings is 1. The van der Waals surface area contributed by atoms with Crippen molar-refractivity contribution >= 4 is 28.8 Å². The van der Waals surface area contributed by atoms with E-state index in [0.29, 0.717) is 22.9 Å². The Labute approximate surface area is 169 Å². The molecule has 0 bridgehead atoms. The number of aromatic amines is 1. The predicted molar refractivity (Wildman–Crippen MR) is 103 cm³/mol. The molecule has 2 N–H and O–H groups in total. The lowest BCUT2D eigenvalue weighted by Gasteiger charge is -2.22. The van der Waals surface area contributed by atoms with E-state index in [4.69, 9.17) is 9.47 Å². The van der Waals surface area contributed by atoms with Crippen LogP contribution in [0.2, 0.25) is 0 Å². The minimum Gasteiger partial charge on any atom is -0.507 e. The van der Waals surface area contributed by atoms with E-state index in [1.54, 1.807) is 30.6 Å². The second kappa shape index (κ2) is 6.78. The van der Waals surface area contributed by atoms with Crippen LogP contribution in [0.4, 0.5) is 0 Å². The Hall–Kier alpha value is -3.59. The molecule has 2 aliphatic heterocycles. The Morgan fingerprint density at radius 1 is 1.28 bits per heavy atom. The summed E-state index contributed by atoms with van der Waals surface area (Å²) >= 11 is 1.49. The monoisotopic (exact) mass is 409 g/mol. The van der Waals surface area contributed by atoms with Gasteiger partial charge in [0.25, 0.3) is 11.7 Å². The molecule has 3 aromatic rings. The fourth-order valence-electron chi connectivity index (χ4n) is 3.52. The number of ketones is 1. The SMILES string of the molecule is O=C1C(=O)N(Cc2cccs2)C(c2ncc[nH]2)/C1=C(\O)c1ccc2c(c1)OCO2. The van der Waals surface area contributed by atoms with Crippen LogP contribution >= 0.6 is 11.3 Å². The molecule has 29 heavy (non-hydrogen) atoms. The molecule has 4 heterocycles. The van der Waals surface area contributed by atoms with E-state index in [2.05, 4.69) is 9.97 Å². The van der Waals surface area contributed by atoms with Crippen LogP contribution in [0.25, 0.3) is 5.76 Å². The summed E-state index contributed by atoms with van der Waals surface area (Å²) in [5, 5.41) is 12.9. The number of ether oxygens (including phenoxy) is 2. The number of carbonyl (C=O) groups excluding carboxylic acids is 2. The zero-order valence-corrected chi connectivity index (χ0v) is 15.8. The molecule has 8 nitrogen and oxygen atoms in total. The van der Waals surface area contributed by atoms with Gasteiger partial charge < -0.3 is 24.5 Å². The first kappa shape index (κ1) is 17.5. The van der Waals surface area contributed by atoms with E-state index in [1.807, 2.05) is 17.5 Å². The van der Waals surface area contributed by atoms with Crippen molar-refractivity contribution in [2.45, 2.75) is 12.6 Å². The molecule has 0 aliphatic carbocycles. The van der Waals surface area contributed by atoms with Crippen LogP contribution in [0.5, 0.6) is 11.5 Å². The molecule has 1 fully saturated rings. The third-order valence-electron chi connectivity index (χ3n) is 4.87. The number of thiophene rings is 1. The highest BCUT2D eigenvalue weighted by molar-refractivity contribution is 7.09. The molecule has 0 radical (unpaired) electrons. The second-order valence-corrected chi connectivity index (χ2v) is 7.58. The molecule has 1 saturated heterocycles. The van der Waals surface area contributed by atoms with Crippen molar-refractivity contribution in [2.24, 2.45) is 0 Å². The number of benzene rings is 1. The molecule has 1 amide bonds. The third kappa shape index (κ3) is 2.87. The van der Waals surface area contributed by atoms with Crippen molar-refractivity contribution in [1.29, 1.82) is 0 Å². The number of hydrogen-bond acceptors (Lipinski definition) is 7. The Bertz CT molecular complexity index is 1120. The molecule has 9 heteroatoms. The van der Waals surface area contributed by atoms with Gasteiger partial charge in [-0.05, 0) is 29.6 Å². The van der Waals surface area contributed by atoms with E-state index in [0.717, 1.165) is 4.88 Å². The van der Waals surface area contributed by atoms with Crippen molar-refractivity contribution in [3.63, 3.8) is 0 Å². The Morgan fingerprint density at radius 3 is 2.90 bits per heavy atom. The van der Waals surface area contributed by atoms with Crippen LogP contribution in [0.3, 0.4) is 0 Å². The van der Waals surface area contributed by atoms with Crippen molar-refractivity contribution in [3.8, 4) is 11.5 Å². The summed E-state index contributed by atoms with van der Waals surface area (Å²) in [6.45, 7) is 0.336. The topological polar surface area (TPSA) is 105 Å². The number of nitrogens with zero attached hydrogens (tertiary/aromatic N) is 2. The Kier molecular flexibility index (Phi) is 4.09. The summed E-state index contributed by atoms with van der Waals surface area (Å²) in [6, 6.07) is 7.81. The zero-order valence-electron chi connectivity index (χ0n) is 15.0. The largest absolute Gasteiger partial charge is 0.507 e. The summed E-state index contributed by atoms with van der Waals surface area (Å²) in [5.41, 5.74) is 0.348. The Balaban J connectivity index is 1.62. The van der Waals surface area contributed by atoms with Gasteiger partial charge in [-0.3, -0.25) is 9.59 Å². The van der Waals surface area contributed by atoms with Gasteiger partial charge in [-0.2, -0.15) is 0 Å². The first-order valence-corrected chi connectivity index (χ1v) is 9.71. The second-order valence-electron chi connectivity index (χ2n) is 6.55. The highest BCUT2D eigenvalue weighted by Gasteiger charge is 2.47. The average molecular weight is 409 g/mol. The summed E-state index contributed by atoms with van der Waals surface area (Å²) in [4.78, 5) is 35.3. The van der Waals surface area contributed by atoms with Gasteiger partial charge in [-0.1, -0.05) is 6.07 Å². The number of amides is 1. The quantitative estimate of drug-likeness (QED) is 0.390. The van der Waals surface area contributed by atoms with Crippen LogP contribution in [-0.2, 0) is 16.1 Å².